The summed E-state index contributed by atoms with van der Waals surface area (Å²) < 4.78 is 2.38. The third kappa shape index (κ3) is 1.86. The molecule has 0 aliphatic heterocycles. The average Bonchev–Trinajstić information content (AvgIpc) is 2.73. The Hall–Kier alpha value is -2.03. The van der Waals surface area contributed by atoms with E-state index in [-0.39, 0.29) is 0 Å². The minimum Gasteiger partial charge on any atom is -0.371 e. The smallest absolute Gasteiger partial charge is 0.150 e. The maximum absolute atomic E-state index is 4.46. The highest BCUT2D eigenvalue weighted by Gasteiger charge is 2.14. The molecule has 0 atom stereocenters. The number of aromatic nitrogens is 2. The number of nitrogens with zero attached hydrogens (tertiary/aromatic N) is 2. The lowest BCUT2D eigenvalue weighted by Gasteiger charge is -2.12. The number of rotatable bonds is 3. The highest BCUT2D eigenvalue weighted by Crippen LogP contribution is 2.32. The van der Waals surface area contributed by atoms with Crippen LogP contribution in [-0.4, -0.2) is 16.6 Å². The van der Waals surface area contributed by atoms with Gasteiger partial charge in [0.2, 0.25) is 0 Å². The van der Waals surface area contributed by atoms with E-state index in [2.05, 4.69) is 59.0 Å². The number of hydrogen-bond donors (Lipinski definition) is 1. The average molecular weight is 253 g/mol. The second kappa shape index (κ2) is 4.57. The van der Waals surface area contributed by atoms with Gasteiger partial charge in [-0.3, -0.25) is 0 Å². The van der Waals surface area contributed by atoms with Gasteiger partial charge in [-0.1, -0.05) is 32.0 Å². The van der Waals surface area contributed by atoms with Crippen molar-refractivity contribution in [2.45, 2.75) is 20.4 Å². The Morgan fingerprint density at radius 3 is 2.68 bits per heavy atom. The first-order valence-electron chi connectivity index (χ1n) is 6.76. The lowest BCUT2D eigenvalue weighted by atomic mass is 10.2. The van der Waals surface area contributed by atoms with Crippen molar-refractivity contribution < 1.29 is 0 Å². The summed E-state index contributed by atoms with van der Waals surface area (Å²) in [6, 6.07) is 10.7. The van der Waals surface area contributed by atoms with Crippen LogP contribution in [0.25, 0.3) is 21.8 Å². The minimum absolute atomic E-state index is 0.601. The fraction of sp³-hybridized carbons (Fsp3) is 0.312. The zero-order valence-corrected chi connectivity index (χ0v) is 11.6. The van der Waals surface area contributed by atoms with Gasteiger partial charge in [0.05, 0.1) is 5.52 Å². The van der Waals surface area contributed by atoms with Gasteiger partial charge in [0.25, 0.3) is 0 Å². The molecule has 1 N–H and O–H groups in total. The van der Waals surface area contributed by atoms with Gasteiger partial charge in [-0.2, -0.15) is 0 Å². The van der Waals surface area contributed by atoms with Gasteiger partial charge >= 0.3 is 0 Å². The monoisotopic (exact) mass is 253 g/mol. The topological polar surface area (TPSA) is 29.9 Å². The van der Waals surface area contributed by atoms with Crippen LogP contribution in [0, 0.1) is 5.92 Å². The lowest BCUT2D eigenvalue weighted by molar-refractivity contribution is 0.545. The molecule has 0 amide bonds. The minimum atomic E-state index is 0.601. The molecule has 2 heterocycles. The highest BCUT2D eigenvalue weighted by molar-refractivity contribution is 6.11. The number of anilines is 1. The molecule has 0 bridgehead atoms. The fourth-order valence-electron chi connectivity index (χ4n) is 2.74. The molecule has 3 aromatic rings. The molecule has 0 aliphatic carbocycles. The van der Waals surface area contributed by atoms with Crippen LogP contribution in [0.3, 0.4) is 0 Å². The van der Waals surface area contributed by atoms with Crippen molar-refractivity contribution in [3.8, 4) is 0 Å². The van der Waals surface area contributed by atoms with E-state index in [0.717, 1.165) is 12.4 Å². The summed E-state index contributed by atoms with van der Waals surface area (Å²) in [6.07, 6.45) is 1.88. The van der Waals surface area contributed by atoms with Crippen LogP contribution in [0.15, 0.2) is 36.5 Å². The predicted octanol–water partition coefficient (Wildman–Crippen LogP) is 3.89. The van der Waals surface area contributed by atoms with E-state index in [1.165, 1.54) is 21.8 Å². The van der Waals surface area contributed by atoms with Gasteiger partial charge in [0.1, 0.15) is 5.82 Å². The molecule has 0 unspecified atom stereocenters. The third-order valence-electron chi connectivity index (χ3n) is 3.46. The summed E-state index contributed by atoms with van der Waals surface area (Å²) in [7, 11) is 1.93. The van der Waals surface area contributed by atoms with Gasteiger partial charge < -0.3 is 9.88 Å². The fourth-order valence-corrected chi connectivity index (χ4v) is 2.74. The molecule has 19 heavy (non-hydrogen) atoms. The third-order valence-corrected chi connectivity index (χ3v) is 3.46. The van der Waals surface area contributed by atoms with Crippen molar-refractivity contribution >= 4 is 27.6 Å². The molecule has 2 aromatic heterocycles. The molecule has 0 spiro atoms. The molecule has 98 valence electrons. The standard InChI is InChI=1S/C16H19N3/c1-11(2)10-19-14-7-5-4-6-12(14)13-8-9-18-16(17-3)15(13)19/h4-9,11H,10H2,1-3H3,(H,17,18). The first-order valence-corrected chi connectivity index (χ1v) is 6.76. The van der Waals surface area contributed by atoms with Crippen molar-refractivity contribution in [3.05, 3.63) is 36.5 Å². The maximum Gasteiger partial charge on any atom is 0.150 e. The van der Waals surface area contributed by atoms with E-state index >= 15 is 0 Å². The molecule has 3 heteroatoms. The van der Waals surface area contributed by atoms with E-state index in [4.69, 9.17) is 0 Å². The van der Waals surface area contributed by atoms with E-state index < -0.39 is 0 Å². The molecule has 0 radical (unpaired) electrons. The van der Waals surface area contributed by atoms with Gasteiger partial charge in [-0.05, 0) is 18.1 Å². The van der Waals surface area contributed by atoms with Crippen LogP contribution in [-0.2, 0) is 6.54 Å². The molecular weight excluding hydrogens is 234 g/mol. The van der Waals surface area contributed by atoms with Crippen LogP contribution in [0.1, 0.15) is 13.8 Å². The van der Waals surface area contributed by atoms with Crippen LogP contribution in [0.4, 0.5) is 5.82 Å². The van der Waals surface area contributed by atoms with Crippen LogP contribution < -0.4 is 5.32 Å². The van der Waals surface area contributed by atoms with E-state index in [9.17, 15) is 0 Å². The van der Waals surface area contributed by atoms with Gasteiger partial charge in [0, 0.05) is 36.1 Å². The Labute approximate surface area is 113 Å². The number of fused-ring (bicyclic) bond motifs is 3. The second-order valence-electron chi connectivity index (χ2n) is 5.33. The van der Waals surface area contributed by atoms with Gasteiger partial charge in [-0.25, -0.2) is 4.98 Å². The van der Waals surface area contributed by atoms with Crippen LogP contribution in [0.2, 0.25) is 0 Å². The Kier molecular flexibility index (Phi) is 2.90. The van der Waals surface area contributed by atoms with Gasteiger partial charge in [0.15, 0.2) is 0 Å². The van der Waals surface area contributed by atoms with Crippen molar-refractivity contribution in [1.29, 1.82) is 0 Å². The van der Waals surface area contributed by atoms with Crippen molar-refractivity contribution in [1.82, 2.24) is 9.55 Å². The summed E-state index contributed by atoms with van der Waals surface area (Å²) in [5.74, 6) is 1.55. The summed E-state index contributed by atoms with van der Waals surface area (Å²) in [5, 5.41) is 5.79. The number of pyridine rings is 1. The van der Waals surface area contributed by atoms with Crippen molar-refractivity contribution in [3.63, 3.8) is 0 Å². The van der Waals surface area contributed by atoms with Crippen molar-refractivity contribution in [2.24, 2.45) is 5.92 Å². The lowest BCUT2D eigenvalue weighted by Crippen LogP contribution is -2.06. The van der Waals surface area contributed by atoms with E-state index in [0.29, 0.717) is 5.92 Å². The normalized spacial score (nSPS) is 11.6. The van der Waals surface area contributed by atoms with E-state index in [1.54, 1.807) is 0 Å². The largest absolute Gasteiger partial charge is 0.371 e. The SMILES string of the molecule is CNc1nccc2c3ccccc3n(CC(C)C)c12. The van der Waals surface area contributed by atoms with E-state index in [1.807, 2.05) is 13.2 Å². The Balaban J connectivity index is 2.45. The zero-order valence-electron chi connectivity index (χ0n) is 11.6. The quantitative estimate of drug-likeness (QED) is 0.767. The first-order chi connectivity index (χ1) is 9.22. The summed E-state index contributed by atoms with van der Waals surface area (Å²) in [4.78, 5) is 4.46. The summed E-state index contributed by atoms with van der Waals surface area (Å²) in [6.45, 7) is 5.50. The first kappa shape index (κ1) is 12.0. The van der Waals surface area contributed by atoms with Gasteiger partial charge in [-0.15, -0.1) is 0 Å². The summed E-state index contributed by atoms with van der Waals surface area (Å²) >= 11 is 0. The molecule has 3 nitrogen and oxygen atoms in total. The predicted molar refractivity (Wildman–Crippen MR) is 81.6 cm³/mol. The van der Waals surface area contributed by atoms with Crippen LogP contribution in [0.5, 0.6) is 0 Å². The highest BCUT2D eigenvalue weighted by atomic mass is 15.0. The number of hydrogen-bond acceptors (Lipinski definition) is 2. The summed E-state index contributed by atoms with van der Waals surface area (Å²) in [5.41, 5.74) is 2.50. The Bertz CT molecular complexity index is 725. The van der Waals surface area contributed by atoms with Crippen LogP contribution >= 0.6 is 0 Å². The second-order valence-corrected chi connectivity index (χ2v) is 5.33. The number of para-hydroxylation sites is 1. The number of nitrogens with one attached hydrogen (secondary N) is 1. The molecule has 0 saturated heterocycles. The zero-order chi connectivity index (χ0) is 13.4. The molecule has 0 saturated carbocycles. The molecule has 0 fully saturated rings. The molecule has 3 rings (SSSR count). The molecule has 0 aliphatic rings. The Morgan fingerprint density at radius 2 is 1.95 bits per heavy atom. The maximum atomic E-state index is 4.46. The number of benzene rings is 1. The molecular formula is C16H19N3. The molecule has 1 aromatic carbocycles. The Morgan fingerprint density at radius 1 is 1.16 bits per heavy atom. The van der Waals surface area contributed by atoms with Crippen molar-refractivity contribution in [2.75, 3.05) is 12.4 Å².